The van der Waals surface area contributed by atoms with Crippen molar-refractivity contribution in [3.63, 3.8) is 0 Å². The van der Waals surface area contributed by atoms with Crippen molar-refractivity contribution in [2.45, 2.75) is 37.3 Å². The number of rotatable bonds is 6. The van der Waals surface area contributed by atoms with Gasteiger partial charge in [-0.25, -0.2) is 9.78 Å². The lowest BCUT2D eigenvalue weighted by atomic mass is 10.0. The molecule has 0 atom stereocenters. The third-order valence-electron chi connectivity index (χ3n) is 4.85. The number of nitrogens with zero attached hydrogens (tertiary/aromatic N) is 2. The Morgan fingerprint density at radius 3 is 2.79 bits per heavy atom. The summed E-state index contributed by atoms with van der Waals surface area (Å²) < 4.78 is 10.9. The van der Waals surface area contributed by atoms with Crippen LogP contribution in [0.4, 0.5) is 10.5 Å². The molecule has 3 amide bonds. The average molecular weight is 417 g/mol. The molecule has 0 unspecified atom stereocenters. The van der Waals surface area contributed by atoms with Gasteiger partial charge in [-0.2, -0.15) is 0 Å². The number of ether oxygens (including phenoxy) is 2. The van der Waals surface area contributed by atoms with Crippen LogP contribution in [-0.2, 0) is 11.2 Å². The van der Waals surface area contributed by atoms with Gasteiger partial charge in [0.15, 0.2) is 11.5 Å². The predicted octanol–water partition coefficient (Wildman–Crippen LogP) is 2.75. The first-order valence-corrected chi connectivity index (χ1v) is 10.7. The minimum atomic E-state index is -0.607. The fraction of sp³-hybridized carbons (Fsp3) is 0.474. The molecule has 1 fully saturated rings. The normalized spacial score (nSPS) is 15.9. The molecule has 0 spiro atoms. The number of aromatic amines is 1. The molecule has 29 heavy (non-hydrogen) atoms. The first kappa shape index (κ1) is 19.6. The van der Waals surface area contributed by atoms with Gasteiger partial charge in [-0.05, 0) is 18.1 Å². The van der Waals surface area contributed by atoms with E-state index < -0.39 is 11.9 Å². The van der Waals surface area contributed by atoms with Crippen LogP contribution in [0.3, 0.4) is 0 Å². The number of benzene rings is 1. The Kier molecular flexibility index (Phi) is 6.18. The second kappa shape index (κ2) is 9.17. The van der Waals surface area contributed by atoms with Gasteiger partial charge < -0.3 is 14.8 Å². The molecular weight excluding hydrogens is 394 g/mol. The van der Waals surface area contributed by atoms with E-state index in [0.717, 1.165) is 12.2 Å². The number of carbonyl (C=O) groups excluding carboxylic acids is 2. The van der Waals surface area contributed by atoms with Crippen molar-refractivity contribution in [2.75, 3.05) is 24.3 Å². The summed E-state index contributed by atoms with van der Waals surface area (Å²) in [6.45, 7) is 0.960. The molecule has 2 aromatic rings. The minimum absolute atomic E-state index is 0.0509. The van der Waals surface area contributed by atoms with Crippen LogP contribution in [0.5, 0.6) is 11.5 Å². The molecule has 0 radical (unpaired) electrons. The lowest BCUT2D eigenvalue weighted by Crippen LogP contribution is -2.35. The zero-order chi connectivity index (χ0) is 20.1. The van der Waals surface area contributed by atoms with Gasteiger partial charge in [-0.1, -0.05) is 37.4 Å². The minimum Gasteiger partial charge on any atom is -0.486 e. The lowest BCUT2D eigenvalue weighted by Gasteiger charge is -2.19. The van der Waals surface area contributed by atoms with Gasteiger partial charge >= 0.3 is 6.03 Å². The summed E-state index contributed by atoms with van der Waals surface area (Å²) in [4.78, 5) is 28.5. The number of anilines is 1. The van der Waals surface area contributed by atoms with E-state index in [1.54, 1.807) is 18.2 Å². The van der Waals surface area contributed by atoms with Gasteiger partial charge in [0, 0.05) is 18.2 Å². The maximum atomic E-state index is 12.0. The standard InChI is InChI=1S/C19H23N5O4S/c25-17(11-29-19-21-16(23-24-19)9-12-3-1-2-4-12)22-18(26)20-13-5-6-14-15(10-13)28-8-7-27-14/h5-6,10,12H,1-4,7-9,11H2,(H,21,23,24)(H2,20,22,25,26). The molecule has 154 valence electrons. The molecule has 0 bridgehead atoms. The number of urea groups is 1. The van der Waals surface area contributed by atoms with Crippen molar-refractivity contribution in [3.8, 4) is 11.5 Å². The quantitative estimate of drug-likeness (QED) is 0.619. The zero-order valence-electron chi connectivity index (χ0n) is 15.9. The van der Waals surface area contributed by atoms with E-state index in [1.165, 1.54) is 37.4 Å². The van der Waals surface area contributed by atoms with E-state index in [0.29, 0.717) is 41.5 Å². The van der Waals surface area contributed by atoms with E-state index >= 15 is 0 Å². The Morgan fingerprint density at radius 2 is 1.97 bits per heavy atom. The first-order chi connectivity index (χ1) is 14.2. The highest BCUT2D eigenvalue weighted by Crippen LogP contribution is 2.32. The van der Waals surface area contributed by atoms with Crippen LogP contribution < -0.4 is 20.1 Å². The smallest absolute Gasteiger partial charge is 0.325 e. The van der Waals surface area contributed by atoms with Crippen LogP contribution in [0.15, 0.2) is 23.4 Å². The third-order valence-corrected chi connectivity index (χ3v) is 5.70. The fourth-order valence-corrected chi connectivity index (χ4v) is 4.12. The van der Waals surface area contributed by atoms with Crippen LogP contribution in [0.2, 0.25) is 0 Å². The average Bonchev–Trinajstić information content (AvgIpc) is 3.38. The monoisotopic (exact) mass is 417 g/mol. The number of thioether (sulfide) groups is 1. The van der Waals surface area contributed by atoms with Crippen LogP contribution in [0, 0.1) is 5.92 Å². The van der Waals surface area contributed by atoms with Gasteiger partial charge in [0.05, 0.1) is 5.75 Å². The van der Waals surface area contributed by atoms with Gasteiger partial charge in [0.25, 0.3) is 0 Å². The Hall–Kier alpha value is -2.75. The molecule has 2 heterocycles. The second-order valence-corrected chi connectivity index (χ2v) is 8.01. The van der Waals surface area contributed by atoms with E-state index in [9.17, 15) is 9.59 Å². The summed E-state index contributed by atoms with van der Waals surface area (Å²) in [5.41, 5.74) is 0.512. The van der Waals surface area contributed by atoms with Crippen molar-refractivity contribution >= 4 is 29.4 Å². The maximum absolute atomic E-state index is 12.0. The number of H-pyrrole nitrogens is 1. The third kappa shape index (κ3) is 5.41. The van der Waals surface area contributed by atoms with Crippen molar-refractivity contribution in [3.05, 3.63) is 24.0 Å². The molecule has 1 aliphatic heterocycles. The molecule has 4 rings (SSSR count). The number of fused-ring (bicyclic) bond motifs is 1. The molecule has 3 N–H and O–H groups in total. The molecule has 1 saturated carbocycles. The van der Waals surface area contributed by atoms with Crippen molar-refractivity contribution in [1.29, 1.82) is 0 Å². The Bertz CT molecular complexity index is 881. The topological polar surface area (TPSA) is 118 Å². The molecule has 1 aliphatic carbocycles. The highest BCUT2D eigenvalue weighted by atomic mass is 32.2. The highest BCUT2D eigenvalue weighted by Gasteiger charge is 2.18. The molecule has 0 saturated heterocycles. The molecule has 1 aromatic carbocycles. The SMILES string of the molecule is O=C(CSc1n[nH]c(CC2CCCC2)n1)NC(=O)Nc1ccc2c(c1)OCCO2. The van der Waals surface area contributed by atoms with Gasteiger partial charge in [-0.3, -0.25) is 15.2 Å². The fourth-order valence-electron chi connectivity index (χ4n) is 3.50. The molecular formula is C19H23N5O4S. The number of amides is 3. The van der Waals surface area contributed by atoms with Crippen molar-refractivity contribution in [1.82, 2.24) is 20.5 Å². The number of hydrogen-bond donors (Lipinski definition) is 3. The van der Waals surface area contributed by atoms with Gasteiger partial charge in [0.1, 0.15) is 19.0 Å². The summed E-state index contributed by atoms with van der Waals surface area (Å²) >= 11 is 1.19. The van der Waals surface area contributed by atoms with Crippen molar-refractivity contribution < 1.29 is 19.1 Å². The first-order valence-electron chi connectivity index (χ1n) is 9.70. The summed E-state index contributed by atoms with van der Waals surface area (Å²) in [5.74, 6) is 2.36. The van der Waals surface area contributed by atoms with E-state index in [1.807, 2.05) is 0 Å². The predicted molar refractivity (Wildman–Crippen MR) is 107 cm³/mol. The maximum Gasteiger partial charge on any atom is 0.325 e. The Balaban J connectivity index is 1.21. The number of imide groups is 1. The summed E-state index contributed by atoms with van der Waals surface area (Å²) in [6.07, 6.45) is 5.95. The van der Waals surface area contributed by atoms with E-state index in [2.05, 4.69) is 25.8 Å². The van der Waals surface area contributed by atoms with Gasteiger partial charge in [-0.15, -0.1) is 5.10 Å². The number of hydrogen-bond acceptors (Lipinski definition) is 7. The lowest BCUT2D eigenvalue weighted by molar-refractivity contribution is -0.117. The zero-order valence-corrected chi connectivity index (χ0v) is 16.7. The van der Waals surface area contributed by atoms with E-state index in [-0.39, 0.29) is 5.75 Å². The molecule has 1 aromatic heterocycles. The summed E-state index contributed by atoms with van der Waals surface area (Å²) in [5, 5.41) is 12.5. The molecule has 9 nitrogen and oxygen atoms in total. The number of carbonyl (C=O) groups is 2. The van der Waals surface area contributed by atoms with E-state index in [4.69, 9.17) is 9.47 Å². The van der Waals surface area contributed by atoms with Crippen LogP contribution in [0.1, 0.15) is 31.5 Å². The Morgan fingerprint density at radius 1 is 1.17 bits per heavy atom. The Labute approximate surface area is 172 Å². The summed E-state index contributed by atoms with van der Waals surface area (Å²) in [6, 6.07) is 4.46. The van der Waals surface area contributed by atoms with Crippen molar-refractivity contribution in [2.24, 2.45) is 5.92 Å². The van der Waals surface area contributed by atoms with Crippen LogP contribution in [-0.4, -0.2) is 46.1 Å². The van der Waals surface area contributed by atoms with Gasteiger partial charge in [0.2, 0.25) is 11.1 Å². The number of nitrogens with one attached hydrogen (secondary N) is 3. The highest BCUT2D eigenvalue weighted by molar-refractivity contribution is 7.99. The molecule has 10 heteroatoms. The summed E-state index contributed by atoms with van der Waals surface area (Å²) in [7, 11) is 0. The van der Waals surface area contributed by atoms with Crippen LogP contribution >= 0.6 is 11.8 Å². The van der Waals surface area contributed by atoms with Crippen LogP contribution in [0.25, 0.3) is 0 Å². The largest absolute Gasteiger partial charge is 0.486 e. The molecule has 2 aliphatic rings. The second-order valence-electron chi connectivity index (χ2n) is 7.07. The number of aromatic nitrogens is 3.